The van der Waals surface area contributed by atoms with Crippen molar-refractivity contribution in [1.82, 2.24) is 9.55 Å². The Hall–Kier alpha value is -1.65. The first-order valence-corrected chi connectivity index (χ1v) is 5.59. The molecule has 0 aliphatic carbocycles. The molecule has 1 aromatic carbocycles. The Balaban J connectivity index is 2.33. The number of imidazole rings is 1. The van der Waals surface area contributed by atoms with Crippen molar-refractivity contribution in [1.29, 1.82) is 0 Å². The lowest BCUT2D eigenvalue weighted by molar-refractivity contribution is -0.854. The maximum absolute atomic E-state index is 11.7. The molecule has 4 heteroatoms. The van der Waals surface area contributed by atoms with Gasteiger partial charge in [-0.3, -0.25) is 4.57 Å². The summed E-state index contributed by atoms with van der Waals surface area (Å²) in [6.45, 7) is 2.41. The monoisotopic (exact) mass is 231 g/mol. The van der Waals surface area contributed by atoms with Gasteiger partial charge in [-0.25, -0.2) is 4.98 Å². The third kappa shape index (κ3) is 2.93. The van der Waals surface area contributed by atoms with Gasteiger partial charge in [-0.2, -0.15) is 0 Å². The maximum Gasteiger partial charge on any atom is 0.169 e. The molecule has 2 rings (SSSR count). The second kappa shape index (κ2) is 4.31. The molecule has 0 saturated heterocycles. The average molecular weight is 231 g/mol. The van der Waals surface area contributed by atoms with E-state index in [1.807, 2.05) is 22.9 Å². The highest BCUT2D eigenvalue weighted by Crippen LogP contribution is 2.14. The number of hydrogen-bond donors (Lipinski definition) is 0. The number of hydroxylamine groups is 3. The second-order valence-corrected chi connectivity index (χ2v) is 4.78. The van der Waals surface area contributed by atoms with Crippen LogP contribution >= 0.6 is 0 Å². The smallest absolute Gasteiger partial charge is 0.169 e. The summed E-state index contributed by atoms with van der Waals surface area (Å²) in [5.41, 5.74) is 2.26. The summed E-state index contributed by atoms with van der Waals surface area (Å²) in [5, 5.41) is 11.7. The molecule has 0 bridgehead atoms. The third-order valence-corrected chi connectivity index (χ3v) is 2.55. The van der Waals surface area contributed by atoms with E-state index in [1.54, 1.807) is 20.3 Å². The number of hydrogen-bond acceptors (Lipinski definition) is 2. The summed E-state index contributed by atoms with van der Waals surface area (Å²) in [4.78, 5) is 4.25. The standard InChI is InChI=1S/C13H17N3O/c1-11-4-6-12(7-5-11)15-9-8-14-13(15)10-16(2,3)17/h4-9H,10H2,1-3H3. The van der Waals surface area contributed by atoms with Gasteiger partial charge < -0.3 is 9.85 Å². The highest BCUT2D eigenvalue weighted by Gasteiger charge is 2.11. The molecule has 1 aromatic heterocycles. The minimum Gasteiger partial charge on any atom is -0.633 e. The van der Waals surface area contributed by atoms with Gasteiger partial charge in [0.05, 0.1) is 14.1 Å². The first kappa shape index (κ1) is 11.8. The Morgan fingerprint density at radius 3 is 2.47 bits per heavy atom. The summed E-state index contributed by atoms with van der Waals surface area (Å²) in [6, 6.07) is 8.17. The molecular weight excluding hydrogens is 214 g/mol. The molecule has 0 fully saturated rings. The molecular formula is C13H17N3O. The van der Waals surface area contributed by atoms with Crippen LogP contribution in [-0.4, -0.2) is 28.3 Å². The lowest BCUT2D eigenvalue weighted by Crippen LogP contribution is -2.32. The van der Waals surface area contributed by atoms with Gasteiger partial charge >= 0.3 is 0 Å². The fourth-order valence-corrected chi connectivity index (χ4v) is 1.73. The molecule has 0 radical (unpaired) electrons. The van der Waals surface area contributed by atoms with E-state index in [2.05, 4.69) is 24.0 Å². The molecule has 0 aliphatic rings. The maximum atomic E-state index is 11.7. The fraction of sp³-hybridized carbons (Fsp3) is 0.308. The summed E-state index contributed by atoms with van der Waals surface area (Å²) in [6.07, 6.45) is 3.61. The zero-order chi connectivity index (χ0) is 12.5. The second-order valence-electron chi connectivity index (χ2n) is 4.78. The number of quaternary nitrogens is 1. The Morgan fingerprint density at radius 2 is 1.88 bits per heavy atom. The van der Waals surface area contributed by atoms with Gasteiger partial charge in [-0.05, 0) is 19.1 Å². The molecule has 90 valence electrons. The van der Waals surface area contributed by atoms with Gasteiger partial charge in [0.2, 0.25) is 0 Å². The van der Waals surface area contributed by atoms with E-state index in [1.165, 1.54) is 5.56 Å². The highest BCUT2D eigenvalue weighted by atomic mass is 16.5. The SMILES string of the molecule is Cc1ccc(-n2ccnc2C[N+](C)(C)[O-])cc1. The topological polar surface area (TPSA) is 40.9 Å². The van der Waals surface area contributed by atoms with Crippen LogP contribution in [0.15, 0.2) is 36.7 Å². The first-order valence-electron chi connectivity index (χ1n) is 5.59. The van der Waals surface area contributed by atoms with Crippen molar-refractivity contribution < 1.29 is 4.65 Å². The molecule has 0 atom stereocenters. The molecule has 0 spiro atoms. The van der Waals surface area contributed by atoms with Crippen LogP contribution in [0.5, 0.6) is 0 Å². The Kier molecular flexibility index (Phi) is 3.00. The zero-order valence-corrected chi connectivity index (χ0v) is 10.4. The fourth-order valence-electron chi connectivity index (χ4n) is 1.73. The van der Waals surface area contributed by atoms with E-state index < -0.39 is 0 Å². The van der Waals surface area contributed by atoms with Gasteiger partial charge in [0.15, 0.2) is 5.82 Å². The van der Waals surface area contributed by atoms with E-state index in [0.717, 1.165) is 11.5 Å². The number of aryl methyl sites for hydroxylation is 1. The Bertz CT molecular complexity index is 494. The molecule has 17 heavy (non-hydrogen) atoms. The molecule has 0 saturated carbocycles. The van der Waals surface area contributed by atoms with Crippen LogP contribution in [0.25, 0.3) is 5.69 Å². The lowest BCUT2D eigenvalue weighted by Gasteiger charge is -2.33. The summed E-state index contributed by atoms with van der Waals surface area (Å²) in [7, 11) is 3.24. The predicted molar refractivity (Wildman–Crippen MR) is 67.5 cm³/mol. The van der Waals surface area contributed by atoms with Crippen molar-refractivity contribution >= 4 is 0 Å². The molecule has 0 unspecified atom stereocenters. The molecule has 0 amide bonds. The van der Waals surface area contributed by atoms with Gasteiger partial charge in [0.1, 0.15) is 6.54 Å². The lowest BCUT2D eigenvalue weighted by atomic mass is 10.2. The normalized spacial score (nSPS) is 11.8. The van der Waals surface area contributed by atoms with E-state index in [0.29, 0.717) is 6.54 Å². The molecule has 0 aliphatic heterocycles. The van der Waals surface area contributed by atoms with E-state index in [-0.39, 0.29) is 4.65 Å². The summed E-state index contributed by atoms with van der Waals surface area (Å²) < 4.78 is 1.58. The van der Waals surface area contributed by atoms with Crippen LogP contribution < -0.4 is 0 Å². The number of aromatic nitrogens is 2. The van der Waals surface area contributed by atoms with Gasteiger partial charge in [0, 0.05) is 18.1 Å². The van der Waals surface area contributed by atoms with Crippen molar-refractivity contribution in [2.24, 2.45) is 0 Å². The number of rotatable bonds is 3. The minimum absolute atomic E-state index is 0.362. The van der Waals surface area contributed by atoms with E-state index in [4.69, 9.17) is 0 Å². The van der Waals surface area contributed by atoms with Gasteiger partial charge in [-0.1, -0.05) is 17.7 Å². The molecule has 0 N–H and O–H groups in total. The summed E-state index contributed by atoms with van der Waals surface area (Å²) >= 11 is 0. The highest BCUT2D eigenvalue weighted by molar-refractivity contribution is 5.35. The van der Waals surface area contributed by atoms with Crippen molar-refractivity contribution in [3.8, 4) is 5.69 Å². The van der Waals surface area contributed by atoms with Crippen LogP contribution in [-0.2, 0) is 6.54 Å². The average Bonchev–Trinajstić information content (AvgIpc) is 2.64. The Morgan fingerprint density at radius 1 is 1.24 bits per heavy atom. The van der Waals surface area contributed by atoms with Crippen molar-refractivity contribution in [2.75, 3.05) is 14.1 Å². The predicted octanol–water partition coefficient (Wildman–Crippen LogP) is 2.25. The third-order valence-electron chi connectivity index (χ3n) is 2.55. The largest absolute Gasteiger partial charge is 0.633 e. The molecule has 4 nitrogen and oxygen atoms in total. The first-order chi connectivity index (χ1) is 7.96. The van der Waals surface area contributed by atoms with E-state index in [9.17, 15) is 5.21 Å². The zero-order valence-electron chi connectivity index (χ0n) is 10.4. The van der Waals surface area contributed by atoms with Crippen molar-refractivity contribution in [3.63, 3.8) is 0 Å². The van der Waals surface area contributed by atoms with Crippen LogP contribution in [0, 0.1) is 12.1 Å². The van der Waals surface area contributed by atoms with Crippen LogP contribution in [0.4, 0.5) is 0 Å². The minimum atomic E-state index is -0.372. The van der Waals surface area contributed by atoms with Crippen molar-refractivity contribution in [3.05, 3.63) is 53.3 Å². The Labute approximate surface area is 101 Å². The quantitative estimate of drug-likeness (QED) is 0.600. The van der Waals surface area contributed by atoms with Gasteiger partial charge in [0.25, 0.3) is 0 Å². The van der Waals surface area contributed by atoms with Crippen LogP contribution in [0.2, 0.25) is 0 Å². The number of nitrogens with zero attached hydrogens (tertiary/aromatic N) is 3. The van der Waals surface area contributed by atoms with Crippen molar-refractivity contribution in [2.45, 2.75) is 13.5 Å². The molecule has 2 aromatic rings. The van der Waals surface area contributed by atoms with E-state index >= 15 is 0 Å². The van der Waals surface area contributed by atoms with Gasteiger partial charge in [-0.15, -0.1) is 0 Å². The number of benzene rings is 1. The van der Waals surface area contributed by atoms with Crippen LogP contribution in [0.1, 0.15) is 11.4 Å². The molecule has 1 heterocycles. The van der Waals surface area contributed by atoms with Crippen LogP contribution in [0.3, 0.4) is 0 Å². The summed E-state index contributed by atoms with van der Waals surface area (Å²) in [5.74, 6) is 0.786.